The Bertz CT molecular complexity index is 1860. The number of carboxylic acid groups (broad SMARTS) is 1. The normalized spacial score (nSPS) is 23.0. The maximum atomic E-state index is 15.4. The summed E-state index contributed by atoms with van der Waals surface area (Å²) in [6.45, 7) is 4.76. The number of halogens is 2. The summed E-state index contributed by atoms with van der Waals surface area (Å²) in [6.07, 6.45) is 6.40. The van der Waals surface area contributed by atoms with Gasteiger partial charge in [0, 0.05) is 17.0 Å². The van der Waals surface area contributed by atoms with Gasteiger partial charge < -0.3 is 9.84 Å². The molecule has 2 fully saturated rings. The van der Waals surface area contributed by atoms with E-state index in [1.165, 1.54) is 56.2 Å². The summed E-state index contributed by atoms with van der Waals surface area (Å²) in [6, 6.07) is 14.8. The number of anilines is 1. The summed E-state index contributed by atoms with van der Waals surface area (Å²) in [7, 11) is -3.15. The average Bonchev–Trinajstić information content (AvgIpc) is 3.47. The highest BCUT2D eigenvalue weighted by atomic mass is 32.2. The van der Waals surface area contributed by atoms with Gasteiger partial charge >= 0.3 is 5.97 Å². The summed E-state index contributed by atoms with van der Waals surface area (Å²) in [4.78, 5) is 15.4. The van der Waals surface area contributed by atoms with Crippen LogP contribution in [0.5, 0.6) is 5.75 Å². The van der Waals surface area contributed by atoms with Crippen molar-refractivity contribution >= 4 is 33.0 Å². The SMILES string of the molecule is COc1cc(C(=O)O)c(F)cc1NS(=O)(=O)c1csc(-c2ccc(-c3ccc(C4(C)C[C@@H]5CC(C)C[C@@H](C5)C4)cc3)cc2F)n1. The predicted octanol–water partition coefficient (Wildman–Crippen LogP) is 8.37. The fourth-order valence-corrected chi connectivity index (χ4v) is 9.61. The van der Waals surface area contributed by atoms with Gasteiger partial charge in [0.1, 0.15) is 22.4 Å². The lowest BCUT2D eigenvalue weighted by Crippen LogP contribution is -2.38. The van der Waals surface area contributed by atoms with Crippen LogP contribution in [0.2, 0.25) is 0 Å². The van der Waals surface area contributed by atoms with E-state index in [4.69, 9.17) is 9.84 Å². The van der Waals surface area contributed by atoms with E-state index in [1.54, 1.807) is 12.1 Å². The third kappa shape index (κ3) is 6.20. The molecule has 45 heavy (non-hydrogen) atoms. The minimum Gasteiger partial charge on any atom is -0.495 e. The van der Waals surface area contributed by atoms with E-state index in [2.05, 4.69) is 35.7 Å². The Balaban J connectivity index is 1.19. The molecule has 2 unspecified atom stereocenters. The fourth-order valence-electron chi connectivity index (χ4n) is 7.43. The Labute approximate surface area is 265 Å². The zero-order valence-electron chi connectivity index (χ0n) is 25.1. The number of aromatic carboxylic acids is 1. The van der Waals surface area contributed by atoms with Gasteiger partial charge in [-0.2, -0.15) is 8.42 Å². The monoisotopic (exact) mass is 652 g/mol. The number of sulfonamides is 1. The molecule has 0 amide bonds. The molecule has 4 atom stereocenters. The molecule has 2 bridgehead atoms. The van der Waals surface area contributed by atoms with E-state index in [-0.39, 0.29) is 27.4 Å². The molecule has 11 heteroatoms. The summed E-state index contributed by atoms with van der Waals surface area (Å²) in [5.74, 6) is -1.02. The lowest BCUT2D eigenvalue weighted by atomic mass is 9.57. The molecular formula is C34H34F2N2O5S2. The van der Waals surface area contributed by atoms with Gasteiger partial charge in [0.25, 0.3) is 10.0 Å². The Morgan fingerprint density at radius 3 is 2.29 bits per heavy atom. The number of methoxy groups -OCH3 is 1. The Morgan fingerprint density at radius 1 is 1.00 bits per heavy atom. The second kappa shape index (κ2) is 11.8. The van der Waals surface area contributed by atoms with E-state index in [1.807, 2.05) is 12.1 Å². The first kappa shape index (κ1) is 31.2. The summed E-state index contributed by atoms with van der Waals surface area (Å²) in [5, 5.41) is 10.1. The lowest BCUT2D eigenvalue weighted by Gasteiger charge is -2.47. The highest BCUT2D eigenvalue weighted by Gasteiger charge is 2.41. The van der Waals surface area contributed by atoms with Crippen molar-refractivity contribution in [3.8, 4) is 27.4 Å². The van der Waals surface area contributed by atoms with Crippen LogP contribution < -0.4 is 9.46 Å². The van der Waals surface area contributed by atoms with Gasteiger partial charge in [-0.1, -0.05) is 44.2 Å². The first-order valence-electron chi connectivity index (χ1n) is 14.8. The van der Waals surface area contributed by atoms with Crippen LogP contribution in [0.1, 0.15) is 61.9 Å². The van der Waals surface area contributed by atoms with Gasteiger partial charge in [-0.15, -0.1) is 11.3 Å². The first-order chi connectivity index (χ1) is 21.3. The van der Waals surface area contributed by atoms with Crippen LogP contribution in [-0.2, 0) is 15.4 Å². The largest absolute Gasteiger partial charge is 0.495 e. The Morgan fingerprint density at radius 2 is 1.67 bits per heavy atom. The van der Waals surface area contributed by atoms with Gasteiger partial charge in [-0.3, -0.25) is 4.72 Å². The van der Waals surface area contributed by atoms with Crippen LogP contribution in [0, 0.1) is 29.4 Å². The van der Waals surface area contributed by atoms with E-state index < -0.39 is 38.2 Å². The third-order valence-corrected chi connectivity index (χ3v) is 11.5. The van der Waals surface area contributed by atoms with Crippen molar-refractivity contribution in [2.24, 2.45) is 17.8 Å². The van der Waals surface area contributed by atoms with Crippen molar-refractivity contribution < 1.29 is 31.8 Å². The highest BCUT2D eigenvalue weighted by Crippen LogP contribution is 2.51. The number of thiazole rings is 1. The van der Waals surface area contributed by atoms with E-state index in [9.17, 15) is 17.6 Å². The number of benzene rings is 3. The smallest absolute Gasteiger partial charge is 0.338 e. The van der Waals surface area contributed by atoms with E-state index in [0.717, 1.165) is 46.8 Å². The summed E-state index contributed by atoms with van der Waals surface area (Å²) >= 11 is 0.946. The predicted molar refractivity (Wildman–Crippen MR) is 170 cm³/mol. The second-order valence-electron chi connectivity index (χ2n) is 12.7. The average molecular weight is 653 g/mol. The summed E-state index contributed by atoms with van der Waals surface area (Å²) < 4.78 is 63.0. The second-order valence-corrected chi connectivity index (χ2v) is 15.2. The number of nitrogens with one attached hydrogen (secondary N) is 1. The molecular weight excluding hydrogens is 619 g/mol. The molecule has 4 aromatic rings. The molecule has 236 valence electrons. The van der Waals surface area contributed by atoms with Gasteiger partial charge in [-0.05, 0) is 90.2 Å². The van der Waals surface area contributed by atoms with Crippen molar-refractivity contribution in [1.29, 1.82) is 0 Å². The van der Waals surface area contributed by atoms with Crippen LogP contribution in [0.4, 0.5) is 14.5 Å². The molecule has 6 rings (SSSR count). The van der Waals surface area contributed by atoms with Gasteiger partial charge in [-0.25, -0.2) is 18.6 Å². The quantitative estimate of drug-likeness (QED) is 0.198. The standard InChI is InChI=1S/C34H34F2N2O5S2/c1-19-10-20-12-21(11-19)17-34(2,16-20)24-7-4-22(5-8-24)23-6-9-25(27(35)13-23)32-37-31(18-44-32)45(41,42)38-29-15-28(36)26(33(39)40)14-30(29)43-3/h4-9,13-15,18-21,38H,10-12,16-17H2,1-3H3,(H,39,40)/t19?,20-,21+,34?. The molecule has 0 aliphatic heterocycles. The molecule has 2 N–H and O–H groups in total. The number of carboxylic acids is 1. The van der Waals surface area contributed by atoms with Crippen molar-refractivity contribution in [1.82, 2.24) is 4.98 Å². The zero-order chi connectivity index (χ0) is 32.1. The molecule has 2 aliphatic carbocycles. The van der Waals surface area contributed by atoms with Crippen LogP contribution >= 0.6 is 11.3 Å². The number of carbonyl (C=O) groups is 1. The van der Waals surface area contributed by atoms with Crippen molar-refractivity contribution in [3.05, 3.63) is 82.7 Å². The number of fused-ring (bicyclic) bond motifs is 2. The van der Waals surface area contributed by atoms with Crippen LogP contribution in [0.25, 0.3) is 21.7 Å². The molecule has 1 aromatic heterocycles. The fraction of sp³-hybridized carbons (Fsp3) is 0.353. The first-order valence-corrected chi connectivity index (χ1v) is 17.2. The zero-order valence-corrected chi connectivity index (χ0v) is 26.8. The van der Waals surface area contributed by atoms with E-state index in [0.29, 0.717) is 5.56 Å². The highest BCUT2D eigenvalue weighted by molar-refractivity contribution is 7.92. The number of hydrogen-bond donors (Lipinski definition) is 2. The maximum absolute atomic E-state index is 15.4. The molecule has 1 heterocycles. The molecule has 7 nitrogen and oxygen atoms in total. The number of rotatable bonds is 8. The lowest BCUT2D eigenvalue weighted by molar-refractivity contribution is 0.0691. The molecule has 0 saturated heterocycles. The van der Waals surface area contributed by atoms with Crippen LogP contribution in [-0.4, -0.2) is 31.6 Å². The van der Waals surface area contributed by atoms with E-state index >= 15 is 4.39 Å². The Hall–Kier alpha value is -3.83. The van der Waals surface area contributed by atoms with Crippen LogP contribution in [0.3, 0.4) is 0 Å². The van der Waals surface area contributed by atoms with Gasteiger partial charge in [0.15, 0.2) is 5.03 Å². The van der Waals surface area contributed by atoms with Crippen molar-refractivity contribution in [3.63, 3.8) is 0 Å². The van der Waals surface area contributed by atoms with Crippen molar-refractivity contribution in [2.45, 2.75) is 56.4 Å². The summed E-state index contributed by atoms with van der Waals surface area (Å²) in [5.41, 5.74) is 2.25. The molecule has 2 saturated carbocycles. The minimum absolute atomic E-state index is 0.145. The number of aromatic nitrogens is 1. The molecule has 0 radical (unpaired) electrons. The number of hydrogen-bond acceptors (Lipinski definition) is 6. The molecule has 3 aromatic carbocycles. The topological polar surface area (TPSA) is 106 Å². The van der Waals surface area contributed by atoms with Crippen molar-refractivity contribution in [2.75, 3.05) is 11.8 Å². The maximum Gasteiger partial charge on any atom is 0.338 e. The molecule has 0 spiro atoms. The number of nitrogens with zero attached hydrogens (tertiary/aromatic N) is 1. The minimum atomic E-state index is -4.34. The van der Waals surface area contributed by atoms with Gasteiger partial charge in [0.05, 0.1) is 18.4 Å². The van der Waals surface area contributed by atoms with Gasteiger partial charge in [0.2, 0.25) is 0 Å². The van der Waals surface area contributed by atoms with Crippen LogP contribution in [0.15, 0.2) is 65.0 Å². The Kier molecular flexibility index (Phi) is 8.19. The molecule has 2 aliphatic rings. The third-order valence-electron chi connectivity index (χ3n) is 9.25. The number of ether oxygens (including phenoxy) is 1.